The van der Waals surface area contributed by atoms with E-state index in [1.165, 1.54) is 0 Å². The van der Waals surface area contributed by atoms with Crippen molar-refractivity contribution < 1.29 is 14.7 Å². The highest BCUT2D eigenvalue weighted by molar-refractivity contribution is 5.87. The molecule has 1 aliphatic carbocycles. The van der Waals surface area contributed by atoms with Crippen LogP contribution in [0.5, 0.6) is 0 Å². The van der Waals surface area contributed by atoms with Crippen LogP contribution < -0.4 is 0 Å². The second-order valence-electron chi connectivity index (χ2n) is 5.27. The number of aliphatic carboxylic acids is 1. The molecule has 2 atom stereocenters. The van der Waals surface area contributed by atoms with Crippen molar-refractivity contribution in [2.24, 2.45) is 11.3 Å². The van der Waals surface area contributed by atoms with E-state index in [2.05, 4.69) is 13.8 Å². The molecule has 1 aliphatic heterocycles. The lowest BCUT2D eigenvalue weighted by atomic mass is 10.1. The molecule has 1 N–H and O–H groups in total. The third-order valence-electron chi connectivity index (χ3n) is 3.63. The van der Waals surface area contributed by atoms with Crippen molar-refractivity contribution in [3.05, 3.63) is 0 Å². The van der Waals surface area contributed by atoms with Crippen LogP contribution >= 0.6 is 0 Å². The fourth-order valence-corrected chi connectivity index (χ4v) is 2.38. The number of carboxylic acid groups (broad SMARTS) is 1. The maximum absolute atomic E-state index is 12.0. The highest BCUT2D eigenvalue weighted by Gasteiger charge is 2.53. The van der Waals surface area contributed by atoms with Crippen LogP contribution in [-0.4, -0.2) is 34.5 Å². The minimum Gasteiger partial charge on any atom is -0.480 e. The average Bonchev–Trinajstić information content (AvgIpc) is 2.65. The van der Waals surface area contributed by atoms with Crippen LogP contribution in [0.2, 0.25) is 0 Å². The van der Waals surface area contributed by atoms with E-state index in [-0.39, 0.29) is 17.2 Å². The van der Waals surface area contributed by atoms with Gasteiger partial charge in [0.1, 0.15) is 6.04 Å². The second-order valence-corrected chi connectivity index (χ2v) is 5.27. The van der Waals surface area contributed by atoms with Crippen molar-refractivity contribution in [3.63, 3.8) is 0 Å². The molecule has 0 aromatic rings. The van der Waals surface area contributed by atoms with Crippen molar-refractivity contribution in [1.29, 1.82) is 0 Å². The zero-order valence-electron chi connectivity index (χ0n) is 9.19. The molecule has 1 amide bonds. The first-order valence-electron chi connectivity index (χ1n) is 5.47. The standard InChI is InChI=1S/C11H17NO3/c1-11(2)6-7(11)9(13)12-5-3-4-8(12)10(14)15/h7-8H,3-6H2,1-2H3,(H,14,15). The molecule has 4 nitrogen and oxygen atoms in total. The van der Waals surface area contributed by atoms with Gasteiger partial charge in [0.25, 0.3) is 0 Å². The Hall–Kier alpha value is -1.06. The van der Waals surface area contributed by atoms with E-state index >= 15 is 0 Å². The summed E-state index contributed by atoms with van der Waals surface area (Å²) in [5.41, 5.74) is 0.0860. The summed E-state index contributed by atoms with van der Waals surface area (Å²) < 4.78 is 0. The molecular weight excluding hydrogens is 194 g/mol. The van der Waals surface area contributed by atoms with E-state index in [1.807, 2.05) is 0 Å². The zero-order valence-corrected chi connectivity index (χ0v) is 9.19. The van der Waals surface area contributed by atoms with Gasteiger partial charge < -0.3 is 10.0 Å². The number of hydrogen-bond donors (Lipinski definition) is 1. The van der Waals surface area contributed by atoms with E-state index in [9.17, 15) is 9.59 Å². The summed E-state index contributed by atoms with van der Waals surface area (Å²) in [6.45, 7) is 4.73. The van der Waals surface area contributed by atoms with E-state index in [0.29, 0.717) is 13.0 Å². The van der Waals surface area contributed by atoms with Gasteiger partial charge in [0.2, 0.25) is 5.91 Å². The summed E-state index contributed by atoms with van der Waals surface area (Å²) in [5, 5.41) is 8.97. The molecular formula is C11H17NO3. The van der Waals surface area contributed by atoms with Gasteiger partial charge in [-0.2, -0.15) is 0 Å². The Morgan fingerprint density at radius 2 is 2.00 bits per heavy atom. The van der Waals surface area contributed by atoms with Crippen molar-refractivity contribution in [2.45, 2.75) is 39.2 Å². The fraction of sp³-hybridized carbons (Fsp3) is 0.818. The highest BCUT2D eigenvalue weighted by Crippen LogP contribution is 2.52. The van der Waals surface area contributed by atoms with Gasteiger partial charge in [-0.25, -0.2) is 4.79 Å². The Kier molecular flexibility index (Phi) is 2.24. The van der Waals surface area contributed by atoms with Crippen LogP contribution in [-0.2, 0) is 9.59 Å². The van der Waals surface area contributed by atoms with Crippen LogP contribution in [0.4, 0.5) is 0 Å². The molecule has 84 valence electrons. The third kappa shape index (κ3) is 1.73. The van der Waals surface area contributed by atoms with Crippen LogP contribution in [0.25, 0.3) is 0 Å². The highest BCUT2D eigenvalue weighted by atomic mass is 16.4. The number of carbonyl (C=O) groups excluding carboxylic acids is 1. The topological polar surface area (TPSA) is 57.6 Å². The largest absolute Gasteiger partial charge is 0.480 e. The van der Waals surface area contributed by atoms with Crippen molar-refractivity contribution in [2.75, 3.05) is 6.54 Å². The number of nitrogens with zero attached hydrogens (tertiary/aromatic N) is 1. The summed E-state index contributed by atoms with van der Waals surface area (Å²) in [6, 6.07) is -0.575. The minimum atomic E-state index is -0.862. The summed E-state index contributed by atoms with van der Waals surface area (Å²) in [4.78, 5) is 24.5. The molecule has 0 bridgehead atoms. The van der Waals surface area contributed by atoms with Gasteiger partial charge in [-0.3, -0.25) is 4.79 Å². The van der Waals surface area contributed by atoms with Gasteiger partial charge in [0.05, 0.1) is 0 Å². The molecule has 2 unspecified atom stereocenters. The Morgan fingerprint density at radius 1 is 1.40 bits per heavy atom. The van der Waals surface area contributed by atoms with E-state index in [4.69, 9.17) is 5.11 Å². The molecule has 0 aromatic heterocycles. The normalized spacial score (nSPS) is 32.8. The molecule has 0 spiro atoms. The van der Waals surface area contributed by atoms with Crippen molar-refractivity contribution in [1.82, 2.24) is 4.90 Å². The molecule has 0 radical (unpaired) electrons. The number of likely N-dealkylation sites (tertiary alicyclic amines) is 1. The van der Waals surface area contributed by atoms with Crippen LogP contribution in [0.3, 0.4) is 0 Å². The summed E-state index contributed by atoms with van der Waals surface area (Å²) in [5.74, 6) is -0.762. The summed E-state index contributed by atoms with van der Waals surface area (Å²) in [6.07, 6.45) is 2.32. The van der Waals surface area contributed by atoms with Gasteiger partial charge in [-0.1, -0.05) is 13.8 Å². The molecule has 2 aliphatic rings. The van der Waals surface area contributed by atoms with Crippen molar-refractivity contribution in [3.8, 4) is 0 Å². The Morgan fingerprint density at radius 3 is 2.47 bits per heavy atom. The van der Waals surface area contributed by atoms with Gasteiger partial charge >= 0.3 is 5.97 Å². The first-order valence-corrected chi connectivity index (χ1v) is 5.47. The fourth-order valence-electron chi connectivity index (χ4n) is 2.38. The Balaban J connectivity index is 2.04. The first-order chi connectivity index (χ1) is 6.93. The molecule has 15 heavy (non-hydrogen) atoms. The molecule has 0 aromatic carbocycles. The van der Waals surface area contributed by atoms with Crippen molar-refractivity contribution >= 4 is 11.9 Å². The SMILES string of the molecule is CC1(C)CC1C(=O)N1CCCC1C(=O)O. The molecule has 4 heteroatoms. The smallest absolute Gasteiger partial charge is 0.326 e. The first kappa shape index (κ1) is 10.5. The predicted molar refractivity (Wildman–Crippen MR) is 54.3 cm³/mol. The zero-order chi connectivity index (χ0) is 11.2. The average molecular weight is 211 g/mol. The van der Waals surface area contributed by atoms with Gasteiger partial charge in [-0.15, -0.1) is 0 Å². The predicted octanol–water partition coefficient (Wildman–Crippen LogP) is 1.11. The maximum atomic E-state index is 12.0. The van der Waals surface area contributed by atoms with Crippen LogP contribution in [0, 0.1) is 11.3 Å². The Labute approximate surface area is 89.3 Å². The van der Waals surface area contributed by atoms with E-state index < -0.39 is 12.0 Å². The molecule has 1 saturated carbocycles. The monoisotopic (exact) mass is 211 g/mol. The lowest BCUT2D eigenvalue weighted by Gasteiger charge is -2.22. The summed E-state index contributed by atoms with van der Waals surface area (Å²) in [7, 11) is 0. The number of carbonyl (C=O) groups is 2. The van der Waals surface area contributed by atoms with Gasteiger partial charge in [0.15, 0.2) is 0 Å². The van der Waals surface area contributed by atoms with E-state index in [0.717, 1.165) is 12.8 Å². The van der Waals surface area contributed by atoms with Crippen LogP contribution in [0.1, 0.15) is 33.1 Å². The van der Waals surface area contributed by atoms with Crippen LogP contribution in [0.15, 0.2) is 0 Å². The van der Waals surface area contributed by atoms with Gasteiger partial charge in [0, 0.05) is 12.5 Å². The lowest BCUT2D eigenvalue weighted by molar-refractivity contribution is -0.149. The lowest BCUT2D eigenvalue weighted by Crippen LogP contribution is -2.41. The van der Waals surface area contributed by atoms with E-state index in [1.54, 1.807) is 4.90 Å². The quantitative estimate of drug-likeness (QED) is 0.744. The number of amides is 1. The molecule has 1 saturated heterocycles. The Bertz CT molecular complexity index is 311. The third-order valence-corrected chi connectivity index (χ3v) is 3.63. The molecule has 2 fully saturated rings. The maximum Gasteiger partial charge on any atom is 0.326 e. The van der Waals surface area contributed by atoms with Gasteiger partial charge in [-0.05, 0) is 24.7 Å². The number of hydrogen-bond acceptors (Lipinski definition) is 2. The minimum absolute atomic E-state index is 0.0462. The number of carboxylic acids is 1. The summed E-state index contributed by atoms with van der Waals surface area (Å²) >= 11 is 0. The number of rotatable bonds is 2. The molecule has 2 rings (SSSR count). The molecule has 1 heterocycles. The second kappa shape index (κ2) is 3.22.